The first-order chi connectivity index (χ1) is 22.7. The van der Waals surface area contributed by atoms with E-state index in [1.165, 1.54) is 31.3 Å². The summed E-state index contributed by atoms with van der Waals surface area (Å²) in [6, 6.07) is 55.5. The molecule has 1 atom stereocenters. The topological polar surface area (TPSA) is 22.0 Å². The predicted octanol–water partition coefficient (Wildman–Crippen LogP) is 10.4. The van der Waals surface area contributed by atoms with Crippen molar-refractivity contribution < 1.29 is 4.57 Å². The zero-order chi connectivity index (χ0) is 30.4. The lowest BCUT2D eigenvalue weighted by atomic mass is 10.0. The molecule has 7 aromatic carbocycles. The number of hydrogen-bond donors (Lipinski definition) is 0. The third kappa shape index (κ3) is 3.45. The Morgan fingerprint density at radius 3 is 2.07 bits per heavy atom. The summed E-state index contributed by atoms with van der Waals surface area (Å²) in [7, 11) is -3.13. The average molecular weight is 624 g/mol. The molecule has 1 unspecified atom stereocenters. The van der Waals surface area contributed by atoms with Crippen molar-refractivity contribution in [3.63, 3.8) is 0 Å². The van der Waals surface area contributed by atoms with Gasteiger partial charge in [-0.25, -0.2) is 0 Å². The van der Waals surface area contributed by atoms with Crippen LogP contribution in [0.2, 0.25) is 0 Å². The van der Waals surface area contributed by atoms with Gasteiger partial charge < -0.3 is 9.13 Å². The van der Waals surface area contributed by atoms with E-state index < -0.39 is 7.14 Å². The van der Waals surface area contributed by atoms with E-state index in [0.717, 1.165) is 54.5 Å². The van der Waals surface area contributed by atoms with Gasteiger partial charge in [0.05, 0.1) is 11.0 Å². The molecule has 9 aromatic rings. The van der Waals surface area contributed by atoms with Crippen LogP contribution in [0.4, 0.5) is 0 Å². The minimum atomic E-state index is -3.13. The van der Waals surface area contributed by atoms with Crippen LogP contribution in [-0.4, -0.2) is 4.57 Å². The summed E-state index contributed by atoms with van der Waals surface area (Å²) in [5.74, 6) is 0. The van der Waals surface area contributed by atoms with Crippen molar-refractivity contribution >= 4 is 76.4 Å². The minimum absolute atomic E-state index is 0.880. The number of para-hydroxylation sites is 1. The van der Waals surface area contributed by atoms with Crippen molar-refractivity contribution in [2.45, 2.75) is 0 Å². The first kappa shape index (κ1) is 26.1. The zero-order valence-electron chi connectivity index (χ0n) is 24.7. The number of thiophene rings is 1. The van der Waals surface area contributed by atoms with Crippen LogP contribution >= 0.6 is 18.5 Å². The Hall–Kier alpha value is -5.21. The highest BCUT2D eigenvalue weighted by Gasteiger charge is 2.42. The fraction of sp³-hybridized carbons (Fsp3) is 0. The van der Waals surface area contributed by atoms with Crippen LogP contribution in [0.3, 0.4) is 0 Å². The third-order valence-electron chi connectivity index (χ3n) is 9.62. The van der Waals surface area contributed by atoms with Crippen molar-refractivity contribution in [1.29, 1.82) is 0 Å². The molecule has 0 fully saturated rings. The SMILES string of the molecule is O=P1(c2ccccc2)c2ccccc2-c2ccc3c(c21)c1ccccc1n3-c1ccc(-c2cccc3c2sc2ccccc23)cc1. The maximum absolute atomic E-state index is 15.6. The fourth-order valence-electron chi connectivity index (χ4n) is 7.63. The molecule has 10 rings (SSSR count). The second-order valence-electron chi connectivity index (χ2n) is 12.0. The van der Waals surface area contributed by atoms with Crippen molar-refractivity contribution in [2.75, 3.05) is 0 Å². The van der Waals surface area contributed by atoms with E-state index in [1.807, 2.05) is 47.7 Å². The molecule has 0 radical (unpaired) electrons. The number of benzene rings is 7. The van der Waals surface area contributed by atoms with Gasteiger partial charge in [0.1, 0.15) is 0 Å². The molecule has 46 heavy (non-hydrogen) atoms. The summed E-state index contributed by atoms with van der Waals surface area (Å²) in [5, 5.41) is 7.59. The summed E-state index contributed by atoms with van der Waals surface area (Å²) in [5.41, 5.74) is 7.87. The van der Waals surface area contributed by atoms with E-state index in [1.54, 1.807) is 0 Å². The standard InChI is InChI=1S/C42H26NOPS/c44-45(29-11-2-1-3-12-29)38-19-8-5-13-31(38)33-25-26-37-40(41(33)45)35-15-4-7-18-36(35)43(37)28-23-21-27(22-24-28)30-16-10-17-34-32-14-6-9-20-39(32)46-42(30)34/h1-26H. The van der Waals surface area contributed by atoms with E-state index in [0.29, 0.717) is 0 Å². The summed E-state index contributed by atoms with van der Waals surface area (Å²) in [4.78, 5) is 0. The molecule has 2 nitrogen and oxygen atoms in total. The maximum atomic E-state index is 15.6. The number of nitrogens with zero attached hydrogens (tertiary/aromatic N) is 1. The number of hydrogen-bond acceptors (Lipinski definition) is 2. The molecule has 2 aromatic heterocycles. The summed E-state index contributed by atoms with van der Waals surface area (Å²) in [6.45, 7) is 0. The minimum Gasteiger partial charge on any atom is -0.309 e. The van der Waals surface area contributed by atoms with Crippen LogP contribution in [-0.2, 0) is 4.57 Å². The van der Waals surface area contributed by atoms with Crippen molar-refractivity contribution in [2.24, 2.45) is 0 Å². The van der Waals surface area contributed by atoms with Gasteiger partial charge in [-0.3, -0.25) is 0 Å². The first-order valence-corrected chi connectivity index (χ1v) is 18.1. The second kappa shape index (κ2) is 9.64. The van der Waals surface area contributed by atoms with Crippen LogP contribution in [0.15, 0.2) is 158 Å². The highest BCUT2D eigenvalue weighted by molar-refractivity contribution is 7.86. The van der Waals surface area contributed by atoms with Crippen molar-refractivity contribution in [1.82, 2.24) is 4.57 Å². The Morgan fingerprint density at radius 1 is 0.500 bits per heavy atom. The number of rotatable bonds is 3. The molecule has 1 aliphatic heterocycles. The van der Waals surface area contributed by atoms with Gasteiger partial charge in [0.25, 0.3) is 0 Å². The maximum Gasteiger partial charge on any atom is 0.172 e. The summed E-state index contributed by atoms with van der Waals surface area (Å²) < 4.78 is 20.6. The number of fused-ring (bicyclic) bond motifs is 10. The summed E-state index contributed by atoms with van der Waals surface area (Å²) >= 11 is 1.86. The van der Waals surface area contributed by atoms with Crippen LogP contribution in [0.1, 0.15) is 0 Å². The molecule has 0 N–H and O–H groups in total. The van der Waals surface area contributed by atoms with Crippen LogP contribution < -0.4 is 15.9 Å². The Morgan fingerprint density at radius 2 is 1.20 bits per heavy atom. The largest absolute Gasteiger partial charge is 0.309 e. The molecule has 0 saturated heterocycles. The molecule has 0 aliphatic carbocycles. The molecular weight excluding hydrogens is 598 g/mol. The highest BCUT2D eigenvalue weighted by atomic mass is 32.1. The van der Waals surface area contributed by atoms with E-state index >= 15 is 4.57 Å². The van der Waals surface area contributed by atoms with Crippen LogP contribution in [0.25, 0.3) is 69.9 Å². The van der Waals surface area contributed by atoms with Crippen molar-refractivity contribution in [3.8, 4) is 27.9 Å². The molecule has 3 heterocycles. The van der Waals surface area contributed by atoms with Gasteiger partial charge in [0, 0.05) is 52.5 Å². The smallest absolute Gasteiger partial charge is 0.172 e. The molecule has 1 aliphatic rings. The van der Waals surface area contributed by atoms with Gasteiger partial charge in [-0.1, -0.05) is 127 Å². The molecule has 4 heteroatoms. The lowest BCUT2D eigenvalue weighted by Crippen LogP contribution is -2.21. The van der Waals surface area contributed by atoms with Crippen LogP contribution in [0.5, 0.6) is 0 Å². The van der Waals surface area contributed by atoms with Gasteiger partial charge in [-0.15, -0.1) is 11.3 Å². The summed E-state index contributed by atoms with van der Waals surface area (Å²) in [6.07, 6.45) is 0. The average Bonchev–Trinajstić information content (AvgIpc) is 3.75. The fourth-order valence-corrected chi connectivity index (χ4v) is 12.2. The van der Waals surface area contributed by atoms with E-state index in [9.17, 15) is 0 Å². The Kier molecular flexibility index (Phi) is 5.46. The molecule has 216 valence electrons. The van der Waals surface area contributed by atoms with E-state index in [-0.39, 0.29) is 0 Å². The Labute approximate surface area is 270 Å². The van der Waals surface area contributed by atoms with Gasteiger partial charge >= 0.3 is 0 Å². The Bertz CT molecular complexity index is 2720. The van der Waals surface area contributed by atoms with Crippen molar-refractivity contribution in [3.05, 3.63) is 158 Å². The van der Waals surface area contributed by atoms with Gasteiger partial charge in [0.2, 0.25) is 0 Å². The first-order valence-electron chi connectivity index (χ1n) is 15.6. The molecule has 0 saturated carbocycles. The quantitative estimate of drug-likeness (QED) is 0.180. The molecule has 0 spiro atoms. The highest BCUT2D eigenvalue weighted by Crippen LogP contribution is 2.55. The normalized spacial score (nSPS) is 15.6. The van der Waals surface area contributed by atoms with Gasteiger partial charge in [-0.2, -0.15) is 0 Å². The lowest BCUT2D eigenvalue weighted by molar-refractivity contribution is 0.593. The van der Waals surface area contributed by atoms with Gasteiger partial charge in [-0.05, 0) is 52.6 Å². The number of aromatic nitrogens is 1. The van der Waals surface area contributed by atoms with Crippen LogP contribution in [0, 0.1) is 0 Å². The zero-order valence-corrected chi connectivity index (χ0v) is 26.4. The molecule has 0 bridgehead atoms. The van der Waals surface area contributed by atoms with Gasteiger partial charge in [0.15, 0.2) is 7.14 Å². The lowest BCUT2D eigenvalue weighted by Gasteiger charge is -2.17. The second-order valence-corrected chi connectivity index (χ2v) is 15.7. The molecular formula is C42H26NOPS. The monoisotopic (exact) mass is 623 g/mol. The Balaban J connectivity index is 1.21. The van der Waals surface area contributed by atoms with E-state index in [2.05, 4.69) is 126 Å². The predicted molar refractivity (Wildman–Crippen MR) is 197 cm³/mol. The van der Waals surface area contributed by atoms with E-state index in [4.69, 9.17) is 0 Å². The third-order valence-corrected chi connectivity index (χ3v) is 14.0. The molecule has 0 amide bonds.